The van der Waals surface area contributed by atoms with Crippen LogP contribution in [0.1, 0.15) is 28.8 Å². The summed E-state index contributed by atoms with van der Waals surface area (Å²) in [5, 5.41) is 0.236. The predicted octanol–water partition coefficient (Wildman–Crippen LogP) is 3.54. The van der Waals surface area contributed by atoms with Crippen molar-refractivity contribution in [3.8, 4) is 0 Å². The number of hydrogen-bond acceptors (Lipinski definition) is 3. The van der Waals surface area contributed by atoms with E-state index in [1.54, 1.807) is 18.2 Å². The Morgan fingerprint density at radius 3 is 2.52 bits per heavy atom. The van der Waals surface area contributed by atoms with Crippen LogP contribution in [0, 0.1) is 5.82 Å². The van der Waals surface area contributed by atoms with Gasteiger partial charge < -0.3 is 4.90 Å². The molecule has 0 unspecified atom stereocenters. The standard InChI is InChI=1S/C19H20ClFN2O3S/c1-22(13-16-17(20)8-5-9-18(16)21)19(24)14-6-4-7-15(12-14)27(25,26)23-10-2-3-11-23/h4-9,12H,2-3,10-11,13H2,1H3. The number of carbonyl (C=O) groups is 1. The van der Waals surface area contributed by atoms with Gasteiger partial charge in [-0.05, 0) is 43.2 Å². The Hall–Kier alpha value is -1.96. The van der Waals surface area contributed by atoms with Crippen molar-refractivity contribution >= 4 is 27.5 Å². The van der Waals surface area contributed by atoms with Crippen LogP contribution in [-0.2, 0) is 16.6 Å². The van der Waals surface area contributed by atoms with Crippen molar-refractivity contribution in [1.82, 2.24) is 9.21 Å². The molecule has 1 aliphatic rings. The molecule has 2 aromatic rings. The molecule has 27 heavy (non-hydrogen) atoms. The molecule has 0 aliphatic carbocycles. The van der Waals surface area contributed by atoms with Gasteiger partial charge in [0.15, 0.2) is 0 Å². The summed E-state index contributed by atoms with van der Waals surface area (Å²) in [6.07, 6.45) is 1.67. The van der Waals surface area contributed by atoms with Crippen molar-refractivity contribution in [2.45, 2.75) is 24.3 Å². The fraction of sp³-hybridized carbons (Fsp3) is 0.316. The Labute approximate surface area is 163 Å². The molecule has 2 aromatic carbocycles. The molecule has 1 saturated heterocycles. The van der Waals surface area contributed by atoms with Crippen LogP contribution in [-0.4, -0.2) is 43.7 Å². The van der Waals surface area contributed by atoms with Crippen LogP contribution in [0.25, 0.3) is 0 Å². The maximum Gasteiger partial charge on any atom is 0.253 e. The number of halogens is 2. The van der Waals surface area contributed by atoms with Gasteiger partial charge in [-0.2, -0.15) is 4.31 Å². The normalized spacial score (nSPS) is 15.1. The van der Waals surface area contributed by atoms with Crippen LogP contribution in [0.4, 0.5) is 4.39 Å². The zero-order valence-corrected chi connectivity index (χ0v) is 16.4. The Morgan fingerprint density at radius 2 is 1.85 bits per heavy atom. The van der Waals surface area contributed by atoms with Gasteiger partial charge in [0.1, 0.15) is 5.82 Å². The SMILES string of the molecule is CN(Cc1c(F)cccc1Cl)C(=O)c1cccc(S(=O)(=O)N2CCCC2)c1. The second-order valence-corrected chi connectivity index (χ2v) is 8.85. The fourth-order valence-electron chi connectivity index (χ4n) is 3.08. The summed E-state index contributed by atoms with van der Waals surface area (Å²) in [6, 6.07) is 10.3. The molecule has 144 valence electrons. The Balaban J connectivity index is 1.83. The highest BCUT2D eigenvalue weighted by molar-refractivity contribution is 7.89. The van der Waals surface area contributed by atoms with Gasteiger partial charge >= 0.3 is 0 Å². The van der Waals surface area contributed by atoms with Gasteiger partial charge in [-0.3, -0.25) is 4.79 Å². The molecule has 3 rings (SSSR count). The lowest BCUT2D eigenvalue weighted by Crippen LogP contribution is -2.29. The molecule has 1 aliphatic heterocycles. The lowest BCUT2D eigenvalue weighted by molar-refractivity contribution is 0.0783. The summed E-state index contributed by atoms with van der Waals surface area (Å²) < 4.78 is 40.8. The van der Waals surface area contributed by atoms with E-state index in [9.17, 15) is 17.6 Å². The number of hydrogen-bond donors (Lipinski definition) is 0. The van der Waals surface area contributed by atoms with Gasteiger partial charge in [-0.25, -0.2) is 12.8 Å². The quantitative estimate of drug-likeness (QED) is 0.757. The molecular weight excluding hydrogens is 391 g/mol. The van der Waals surface area contributed by atoms with E-state index in [4.69, 9.17) is 11.6 Å². The van der Waals surface area contributed by atoms with Gasteiger partial charge in [0.05, 0.1) is 4.90 Å². The van der Waals surface area contributed by atoms with E-state index in [-0.39, 0.29) is 27.6 Å². The second-order valence-electron chi connectivity index (χ2n) is 6.50. The monoisotopic (exact) mass is 410 g/mol. The minimum atomic E-state index is -3.61. The van der Waals surface area contributed by atoms with E-state index < -0.39 is 21.7 Å². The first kappa shape index (κ1) is 19.8. The Morgan fingerprint density at radius 1 is 1.19 bits per heavy atom. The van der Waals surface area contributed by atoms with Crippen molar-refractivity contribution in [3.05, 3.63) is 64.4 Å². The summed E-state index contributed by atoms with van der Waals surface area (Å²) in [5.74, 6) is -0.902. The molecule has 5 nitrogen and oxygen atoms in total. The van der Waals surface area contributed by atoms with Gasteiger partial charge in [-0.15, -0.1) is 0 Å². The highest BCUT2D eigenvalue weighted by atomic mass is 35.5. The maximum absolute atomic E-state index is 14.0. The van der Waals surface area contributed by atoms with Gasteiger partial charge in [0.2, 0.25) is 10.0 Å². The molecule has 0 N–H and O–H groups in total. The van der Waals surface area contributed by atoms with E-state index in [0.717, 1.165) is 12.8 Å². The lowest BCUT2D eigenvalue weighted by atomic mass is 10.1. The third-order valence-corrected chi connectivity index (χ3v) is 6.84. The Bertz CT molecular complexity index is 939. The van der Waals surface area contributed by atoms with Gasteiger partial charge in [0.25, 0.3) is 5.91 Å². The first-order valence-corrected chi connectivity index (χ1v) is 10.4. The largest absolute Gasteiger partial charge is 0.337 e. The van der Waals surface area contributed by atoms with E-state index >= 15 is 0 Å². The lowest BCUT2D eigenvalue weighted by Gasteiger charge is -2.20. The molecule has 0 saturated carbocycles. The summed E-state index contributed by atoms with van der Waals surface area (Å²) in [7, 11) is -2.09. The second kappa shape index (κ2) is 7.96. The molecule has 1 amide bonds. The number of nitrogens with zero attached hydrogens (tertiary/aromatic N) is 2. The predicted molar refractivity (Wildman–Crippen MR) is 102 cm³/mol. The molecule has 1 fully saturated rings. The fourth-order valence-corrected chi connectivity index (χ4v) is 4.87. The molecule has 0 bridgehead atoms. The molecule has 1 heterocycles. The molecule has 0 radical (unpaired) electrons. The number of benzene rings is 2. The van der Waals surface area contributed by atoms with E-state index in [0.29, 0.717) is 13.1 Å². The summed E-state index contributed by atoms with van der Waals surface area (Å²) >= 11 is 6.02. The zero-order chi connectivity index (χ0) is 19.6. The first-order valence-electron chi connectivity index (χ1n) is 8.59. The average molecular weight is 411 g/mol. The van der Waals surface area contributed by atoms with Crippen molar-refractivity contribution in [2.75, 3.05) is 20.1 Å². The highest BCUT2D eigenvalue weighted by Crippen LogP contribution is 2.23. The third kappa shape index (κ3) is 4.15. The summed E-state index contributed by atoms with van der Waals surface area (Å²) in [4.78, 5) is 14.1. The van der Waals surface area contributed by atoms with Crippen LogP contribution in [0.2, 0.25) is 5.02 Å². The maximum atomic E-state index is 14.0. The molecule has 8 heteroatoms. The van der Waals surface area contributed by atoms with Crippen molar-refractivity contribution in [1.29, 1.82) is 0 Å². The van der Waals surface area contributed by atoms with Crippen LogP contribution < -0.4 is 0 Å². The van der Waals surface area contributed by atoms with Crippen molar-refractivity contribution < 1.29 is 17.6 Å². The number of carbonyl (C=O) groups excluding carboxylic acids is 1. The summed E-state index contributed by atoms with van der Waals surface area (Å²) in [5.41, 5.74) is 0.445. The van der Waals surface area contributed by atoms with E-state index in [1.807, 2.05) is 0 Å². The minimum absolute atomic E-state index is 0.0204. The summed E-state index contributed by atoms with van der Waals surface area (Å²) in [6.45, 7) is 0.964. The first-order chi connectivity index (χ1) is 12.8. The van der Waals surface area contributed by atoms with Crippen LogP contribution in [0.3, 0.4) is 0 Å². The van der Waals surface area contributed by atoms with Gasteiger partial charge in [-0.1, -0.05) is 23.7 Å². The number of amides is 1. The third-order valence-electron chi connectivity index (χ3n) is 4.59. The molecule has 0 spiro atoms. The van der Waals surface area contributed by atoms with Crippen LogP contribution in [0.15, 0.2) is 47.4 Å². The zero-order valence-electron chi connectivity index (χ0n) is 14.9. The van der Waals surface area contributed by atoms with Crippen molar-refractivity contribution in [2.24, 2.45) is 0 Å². The molecular formula is C19H20ClFN2O3S. The average Bonchev–Trinajstić information content (AvgIpc) is 3.20. The molecule has 0 atom stereocenters. The number of rotatable bonds is 5. The molecule has 0 aromatic heterocycles. The van der Waals surface area contributed by atoms with Crippen LogP contribution >= 0.6 is 11.6 Å². The smallest absolute Gasteiger partial charge is 0.253 e. The highest BCUT2D eigenvalue weighted by Gasteiger charge is 2.28. The Kier molecular flexibility index (Phi) is 5.83. The van der Waals surface area contributed by atoms with Crippen molar-refractivity contribution in [3.63, 3.8) is 0 Å². The van der Waals surface area contributed by atoms with E-state index in [1.165, 1.54) is 40.5 Å². The minimum Gasteiger partial charge on any atom is -0.337 e. The number of sulfonamides is 1. The van der Waals surface area contributed by atoms with Gasteiger partial charge in [0, 0.05) is 42.8 Å². The van der Waals surface area contributed by atoms with Crippen LogP contribution in [0.5, 0.6) is 0 Å². The van der Waals surface area contributed by atoms with E-state index in [2.05, 4.69) is 0 Å². The topological polar surface area (TPSA) is 57.7 Å².